The molecule has 1 fully saturated rings. The minimum absolute atomic E-state index is 0.00304. The van der Waals surface area contributed by atoms with Gasteiger partial charge in [0.1, 0.15) is 11.9 Å². The largest absolute Gasteiger partial charge is 0.497 e. The van der Waals surface area contributed by atoms with E-state index in [1.54, 1.807) is 7.11 Å². The van der Waals surface area contributed by atoms with Crippen LogP contribution in [0.2, 0.25) is 0 Å². The number of ether oxygens (including phenoxy) is 2. The summed E-state index contributed by atoms with van der Waals surface area (Å²) < 4.78 is 11.3. The van der Waals surface area contributed by atoms with Gasteiger partial charge < -0.3 is 14.4 Å². The summed E-state index contributed by atoms with van der Waals surface area (Å²) in [6, 6.07) is 18.9. The van der Waals surface area contributed by atoms with Gasteiger partial charge in [-0.2, -0.15) is 0 Å². The second kappa shape index (κ2) is 9.24. The molecule has 0 saturated carbocycles. The van der Waals surface area contributed by atoms with Crippen molar-refractivity contribution in [3.8, 4) is 5.75 Å². The first-order valence-corrected chi connectivity index (χ1v) is 10.2. The average Bonchev–Trinajstić information content (AvgIpc) is 2.71. The van der Waals surface area contributed by atoms with E-state index in [0.717, 1.165) is 29.7 Å². The van der Waals surface area contributed by atoms with Crippen molar-refractivity contribution >= 4 is 5.97 Å². The van der Waals surface area contributed by atoms with Gasteiger partial charge in [-0.15, -0.1) is 0 Å². The van der Waals surface area contributed by atoms with Gasteiger partial charge in [0.2, 0.25) is 0 Å². The lowest BCUT2D eigenvalue weighted by Crippen LogP contribution is -3.17. The van der Waals surface area contributed by atoms with Crippen LogP contribution in [0.3, 0.4) is 0 Å². The van der Waals surface area contributed by atoms with Gasteiger partial charge in [0.15, 0.2) is 0 Å². The molecule has 1 aliphatic heterocycles. The van der Waals surface area contributed by atoms with Crippen molar-refractivity contribution in [3.63, 3.8) is 0 Å². The molecule has 0 radical (unpaired) electrons. The summed E-state index contributed by atoms with van der Waals surface area (Å²) in [6.45, 7) is 4.47. The van der Waals surface area contributed by atoms with Crippen LogP contribution in [-0.2, 0) is 16.0 Å². The second-order valence-corrected chi connectivity index (χ2v) is 8.09. The molecule has 1 aliphatic rings. The molecule has 3 rings (SSSR count). The molecule has 0 spiro atoms. The molecule has 1 heterocycles. The van der Waals surface area contributed by atoms with Crippen molar-refractivity contribution in [2.75, 3.05) is 14.2 Å². The normalized spacial score (nSPS) is 25.7. The Kier molecular flexibility index (Phi) is 6.74. The molecule has 0 bridgehead atoms. The number of quaternary nitrogens is 1. The quantitative estimate of drug-likeness (QED) is 0.781. The first kappa shape index (κ1) is 20.4. The highest BCUT2D eigenvalue weighted by Gasteiger charge is 2.35. The van der Waals surface area contributed by atoms with Crippen LogP contribution in [0.15, 0.2) is 54.6 Å². The average molecular weight is 383 g/mol. The molecule has 3 atom stereocenters. The van der Waals surface area contributed by atoms with E-state index in [4.69, 9.17) is 9.47 Å². The predicted octanol–water partition coefficient (Wildman–Crippen LogP) is 3.02. The highest BCUT2D eigenvalue weighted by atomic mass is 16.5. The number of hydrogen-bond acceptors (Lipinski definition) is 3. The zero-order valence-corrected chi connectivity index (χ0v) is 17.4. The van der Waals surface area contributed by atoms with E-state index in [1.165, 1.54) is 4.90 Å². The second-order valence-electron chi connectivity index (χ2n) is 8.09. The first-order chi connectivity index (χ1) is 13.5. The van der Waals surface area contributed by atoms with Gasteiger partial charge in [-0.3, -0.25) is 4.79 Å². The maximum Gasteiger partial charge on any atom is 0.314 e. The molecule has 2 aromatic rings. The molecule has 4 nitrogen and oxygen atoms in total. The third-order valence-electron chi connectivity index (χ3n) is 6.16. The number of likely N-dealkylation sites (tertiary alicyclic amines) is 1. The van der Waals surface area contributed by atoms with Crippen LogP contribution < -0.4 is 9.64 Å². The molecule has 0 aromatic heterocycles. The number of esters is 1. The number of carbonyl (C=O) groups is 1. The minimum Gasteiger partial charge on any atom is -0.497 e. The number of carbonyl (C=O) groups excluding carboxylic acids is 1. The number of nitrogens with one attached hydrogen (secondary N) is 1. The number of benzene rings is 2. The Bertz CT molecular complexity index is 747. The molecule has 0 aliphatic carbocycles. The minimum atomic E-state index is -0.299. The van der Waals surface area contributed by atoms with Crippen LogP contribution in [0.5, 0.6) is 5.75 Å². The van der Waals surface area contributed by atoms with E-state index in [-0.39, 0.29) is 18.0 Å². The summed E-state index contributed by atoms with van der Waals surface area (Å²) in [6.07, 6.45) is 2.47. The number of piperidine rings is 1. The Morgan fingerprint density at radius 1 is 1.04 bits per heavy atom. The molecule has 1 N–H and O–H groups in total. The van der Waals surface area contributed by atoms with Crippen molar-refractivity contribution in [2.24, 2.45) is 0 Å². The molecule has 0 unspecified atom stereocenters. The van der Waals surface area contributed by atoms with E-state index in [1.807, 2.05) is 54.6 Å². The van der Waals surface area contributed by atoms with Gasteiger partial charge in [-0.25, -0.2) is 0 Å². The fraction of sp³-hybridized carbons (Fsp3) is 0.458. The number of rotatable bonds is 6. The summed E-state index contributed by atoms with van der Waals surface area (Å²) in [5.41, 5.74) is 2.10. The summed E-state index contributed by atoms with van der Waals surface area (Å²) >= 11 is 0. The van der Waals surface area contributed by atoms with Crippen LogP contribution >= 0.6 is 0 Å². The standard InChI is InChI=1S/C24H31NO3/c1-17-14-22(15-18(2)25(17)3)28-24(26)23(20-8-6-5-7-9-20)16-19-10-12-21(27-4)13-11-19/h5-13,17-18,22-23H,14-16H2,1-4H3/p+1/t17-,18-,23+/m1/s1. The van der Waals surface area contributed by atoms with Crippen LogP contribution in [0.25, 0.3) is 0 Å². The summed E-state index contributed by atoms with van der Waals surface area (Å²) in [4.78, 5) is 14.7. The predicted molar refractivity (Wildman–Crippen MR) is 111 cm³/mol. The van der Waals surface area contributed by atoms with Crippen molar-refractivity contribution in [1.29, 1.82) is 0 Å². The maximum atomic E-state index is 13.2. The summed E-state index contributed by atoms with van der Waals surface area (Å²) in [7, 11) is 3.88. The van der Waals surface area contributed by atoms with E-state index in [2.05, 4.69) is 20.9 Å². The van der Waals surface area contributed by atoms with Gasteiger partial charge in [0, 0.05) is 12.8 Å². The fourth-order valence-electron chi connectivity index (χ4n) is 4.10. The third kappa shape index (κ3) is 4.93. The summed E-state index contributed by atoms with van der Waals surface area (Å²) in [5.74, 6) is 0.401. The van der Waals surface area contributed by atoms with Gasteiger partial charge in [0.25, 0.3) is 0 Å². The van der Waals surface area contributed by atoms with Gasteiger partial charge in [-0.05, 0) is 43.5 Å². The van der Waals surface area contributed by atoms with Gasteiger partial charge >= 0.3 is 5.97 Å². The van der Waals surface area contributed by atoms with E-state index in [0.29, 0.717) is 18.5 Å². The van der Waals surface area contributed by atoms with E-state index < -0.39 is 0 Å². The van der Waals surface area contributed by atoms with E-state index in [9.17, 15) is 4.79 Å². The van der Waals surface area contributed by atoms with Crippen LogP contribution in [0, 0.1) is 0 Å². The number of methoxy groups -OCH3 is 1. The van der Waals surface area contributed by atoms with Crippen LogP contribution in [0.4, 0.5) is 0 Å². The van der Waals surface area contributed by atoms with E-state index >= 15 is 0 Å². The lowest BCUT2D eigenvalue weighted by molar-refractivity contribution is -0.933. The molecule has 1 saturated heterocycles. The SMILES string of the molecule is COc1ccc(C[C@H](C(=O)OC2C[C@@H](C)[NH+](C)[C@H](C)C2)c2ccccc2)cc1. The van der Waals surface area contributed by atoms with Crippen molar-refractivity contribution in [1.82, 2.24) is 0 Å². The van der Waals surface area contributed by atoms with Crippen LogP contribution in [0.1, 0.15) is 43.7 Å². The molecule has 2 aromatic carbocycles. The molecular formula is C24H32NO3+. The number of hydrogen-bond donors (Lipinski definition) is 1. The Hall–Kier alpha value is -2.33. The highest BCUT2D eigenvalue weighted by molar-refractivity contribution is 5.78. The Morgan fingerprint density at radius 3 is 2.21 bits per heavy atom. The summed E-state index contributed by atoms with van der Waals surface area (Å²) in [5, 5.41) is 0. The van der Waals surface area contributed by atoms with Crippen LogP contribution in [-0.4, -0.2) is 38.3 Å². The monoisotopic (exact) mass is 382 g/mol. The van der Waals surface area contributed by atoms with Crippen molar-refractivity contribution < 1.29 is 19.2 Å². The lowest BCUT2D eigenvalue weighted by Gasteiger charge is -2.37. The zero-order valence-electron chi connectivity index (χ0n) is 17.4. The zero-order chi connectivity index (χ0) is 20.1. The Labute approximate surface area is 168 Å². The third-order valence-corrected chi connectivity index (χ3v) is 6.16. The topological polar surface area (TPSA) is 40.0 Å². The molecule has 150 valence electrons. The lowest BCUT2D eigenvalue weighted by atomic mass is 9.91. The first-order valence-electron chi connectivity index (χ1n) is 10.2. The smallest absolute Gasteiger partial charge is 0.314 e. The maximum absolute atomic E-state index is 13.2. The van der Waals surface area contributed by atoms with Crippen molar-refractivity contribution in [2.45, 2.75) is 57.2 Å². The molecule has 28 heavy (non-hydrogen) atoms. The molecular weight excluding hydrogens is 350 g/mol. The molecule has 4 heteroatoms. The van der Waals surface area contributed by atoms with Gasteiger partial charge in [0.05, 0.1) is 32.2 Å². The van der Waals surface area contributed by atoms with Crippen molar-refractivity contribution in [3.05, 3.63) is 65.7 Å². The fourth-order valence-corrected chi connectivity index (χ4v) is 4.10. The highest BCUT2D eigenvalue weighted by Crippen LogP contribution is 2.26. The molecule has 0 amide bonds. The Balaban J connectivity index is 1.75. The Morgan fingerprint density at radius 2 is 1.64 bits per heavy atom. The van der Waals surface area contributed by atoms with Gasteiger partial charge in [-0.1, -0.05) is 42.5 Å².